The molecule has 1 aromatic heterocycles. The maximum atomic E-state index is 13.5. The standard InChI is InChI=1S/C20H34FN2O7PS.CH5N/c1-5-9-19(2,3)20(4,32)27-10-6-11-28-31(26)29-13-14-7-8-16(30-14)23-12-15(21)17(24)22-18(23)25;1-2/h12,14,16,26,32H,5-11,13H2,1-4H3,(H,22,24,25);2H2,1H3. The summed E-state index contributed by atoms with van der Waals surface area (Å²) in [6.45, 7) is 9.10. The fourth-order valence-corrected chi connectivity index (χ4v) is 4.25. The van der Waals surface area contributed by atoms with Crippen LogP contribution in [0.3, 0.4) is 0 Å². The van der Waals surface area contributed by atoms with E-state index < -0.39 is 42.9 Å². The summed E-state index contributed by atoms with van der Waals surface area (Å²) in [4.78, 5) is 34.2. The van der Waals surface area contributed by atoms with Crippen LogP contribution >= 0.6 is 21.2 Å². The van der Waals surface area contributed by atoms with Gasteiger partial charge < -0.3 is 29.1 Å². The van der Waals surface area contributed by atoms with E-state index in [2.05, 4.69) is 39.1 Å². The number of aromatic amines is 1. The summed E-state index contributed by atoms with van der Waals surface area (Å²) in [6, 6.07) is 0. The van der Waals surface area contributed by atoms with Crippen molar-refractivity contribution < 1.29 is 27.8 Å². The third kappa shape index (κ3) is 9.31. The van der Waals surface area contributed by atoms with Crippen molar-refractivity contribution in [2.24, 2.45) is 11.1 Å². The summed E-state index contributed by atoms with van der Waals surface area (Å²) < 4.78 is 36.7. The fraction of sp³-hybridized carbons (Fsp3) is 0.810. The molecule has 10 nitrogen and oxygen atoms in total. The molecule has 2 rings (SSSR count). The van der Waals surface area contributed by atoms with Crippen molar-refractivity contribution in [1.82, 2.24) is 9.55 Å². The lowest BCUT2D eigenvalue weighted by atomic mass is 9.82. The predicted molar refractivity (Wildman–Crippen MR) is 132 cm³/mol. The van der Waals surface area contributed by atoms with Crippen LogP contribution in [-0.4, -0.2) is 52.3 Å². The summed E-state index contributed by atoms with van der Waals surface area (Å²) in [6.07, 6.45) is 3.33. The first-order valence-corrected chi connectivity index (χ1v) is 12.9. The molecule has 1 aromatic rings. The van der Waals surface area contributed by atoms with Crippen molar-refractivity contribution in [3.63, 3.8) is 0 Å². The molecule has 0 aromatic carbocycles. The number of aromatic nitrogens is 2. The normalized spacial score (nSPS) is 21.0. The lowest BCUT2D eigenvalue weighted by molar-refractivity contribution is -0.0475. The molecule has 13 heteroatoms. The molecule has 1 aliphatic heterocycles. The zero-order valence-electron chi connectivity index (χ0n) is 20.6. The Hall–Kier alpha value is -0.850. The lowest BCUT2D eigenvalue weighted by Gasteiger charge is -2.40. The first-order valence-electron chi connectivity index (χ1n) is 11.3. The molecule has 4 atom stereocenters. The molecule has 4 N–H and O–H groups in total. The lowest BCUT2D eigenvalue weighted by Crippen LogP contribution is -2.39. The number of nitrogens with zero attached hydrogens (tertiary/aromatic N) is 1. The van der Waals surface area contributed by atoms with Crippen LogP contribution in [0.2, 0.25) is 0 Å². The highest BCUT2D eigenvalue weighted by Crippen LogP contribution is 2.41. The van der Waals surface area contributed by atoms with Crippen LogP contribution in [0.4, 0.5) is 4.39 Å². The molecule has 0 saturated carbocycles. The summed E-state index contributed by atoms with van der Waals surface area (Å²) in [5.74, 6) is -1.06. The molecule has 0 radical (unpaired) electrons. The van der Waals surface area contributed by atoms with Crippen molar-refractivity contribution in [1.29, 1.82) is 0 Å². The second-order valence-electron chi connectivity index (χ2n) is 8.62. The number of rotatable bonds is 13. The highest BCUT2D eigenvalue weighted by atomic mass is 32.1. The fourth-order valence-electron chi connectivity index (χ4n) is 3.40. The maximum absolute atomic E-state index is 13.5. The van der Waals surface area contributed by atoms with Gasteiger partial charge in [-0.2, -0.15) is 4.39 Å². The van der Waals surface area contributed by atoms with Gasteiger partial charge in [0.2, 0.25) is 5.82 Å². The van der Waals surface area contributed by atoms with Crippen LogP contribution in [0.5, 0.6) is 0 Å². The third-order valence-corrected chi connectivity index (χ3v) is 7.20. The Kier molecular flexibility index (Phi) is 13.4. The van der Waals surface area contributed by atoms with E-state index in [1.165, 1.54) is 7.05 Å². The van der Waals surface area contributed by atoms with Crippen LogP contribution in [0, 0.1) is 11.2 Å². The van der Waals surface area contributed by atoms with Crippen molar-refractivity contribution in [2.45, 2.75) is 77.1 Å². The number of H-pyrrole nitrogens is 1. The highest BCUT2D eigenvalue weighted by Gasteiger charge is 2.38. The topological polar surface area (TPSA) is 138 Å². The molecule has 1 aliphatic rings. The smallest absolute Gasteiger partial charge is 0.330 e. The van der Waals surface area contributed by atoms with E-state index in [0.29, 0.717) is 25.9 Å². The first kappa shape index (κ1) is 31.2. The van der Waals surface area contributed by atoms with Crippen LogP contribution in [-0.2, 0) is 18.5 Å². The van der Waals surface area contributed by atoms with E-state index in [0.717, 1.165) is 23.6 Å². The number of hydrogen-bond donors (Lipinski definition) is 4. The highest BCUT2D eigenvalue weighted by molar-refractivity contribution is 7.81. The van der Waals surface area contributed by atoms with Crippen LogP contribution < -0.4 is 17.0 Å². The van der Waals surface area contributed by atoms with Crippen LogP contribution in [0.15, 0.2) is 15.8 Å². The first-order chi connectivity index (χ1) is 16.0. The van der Waals surface area contributed by atoms with Gasteiger partial charge >= 0.3 is 14.3 Å². The number of nitrogens with one attached hydrogen (secondary N) is 1. The zero-order chi connectivity index (χ0) is 25.9. The Morgan fingerprint density at radius 1 is 1.29 bits per heavy atom. The van der Waals surface area contributed by atoms with Crippen molar-refractivity contribution in [3.05, 3.63) is 32.9 Å². The zero-order valence-corrected chi connectivity index (χ0v) is 22.4. The number of hydrogen-bond acceptors (Lipinski definition) is 9. The van der Waals surface area contributed by atoms with Gasteiger partial charge in [-0.25, -0.2) is 4.79 Å². The van der Waals surface area contributed by atoms with E-state index >= 15 is 0 Å². The summed E-state index contributed by atoms with van der Waals surface area (Å²) in [5.41, 5.74) is 2.61. The van der Waals surface area contributed by atoms with Gasteiger partial charge in [-0.15, -0.1) is 12.6 Å². The van der Waals surface area contributed by atoms with Gasteiger partial charge in [0, 0.05) is 5.41 Å². The van der Waals surface area contributed by atoms with Gasteiger partial charge in [0.15, 0.2) is 0 Å². The van der Waals surface area contributed by atoms with Crippen molar-refractivity contribution in [2.75, 3.05) is 26.9 Å². The minimum atomic E-state index is -2.08. The molecule has 34 heavy (non-hydrogen) atoms. The molecular weight excluding hydrogens is 488 g/mol. The molecular formula is C21H39FN3O7PS. The molecule has 198 valence electrons. The quantitative estimate of drug-likeness (QED) is 0.133. The summed E-state index contributed by atoms with van der Waals surface area (Å²) in [5, 5.41) is 0. The molecule has 0 amide bonds. The maximum Gasteiger partial charge on any atom is 0.330 e. The van der Waals surface area contributed by atoms with E-state index in [1.807, 2.05) is 11.9 Å². The minimum Gasteiger partial charge on any atom is -0.364 e. The van der Waals surface area contributed by atoms with E-state index in [9.17, 15) is 18.9 Å². The second kappa shape index (κ2) is 14.6. The van der Waals surface area contributed by atoms with Gasteiger partial charge in [-0.1, -0.05) is 27.2 Å². The summed E-state index contributed by atoms with van der Waals surface area (Å²) in [7, 11) is -0.585. The van der Waals surface area contributed by atoms with Crippen molar-refractivity contribution in [3.8, 4) is 0 Å². The SMILES string of the molecule is CCCC(C)(C)C(C)(S)OCCCOP(O)OCC1CCC(n2cc(F)c(=O)[nH]c2=O)O1.CN. The molecule has 4 unspecified atom stereocenters. The third-order valence-electron chi connectivity index (χ3n) is 5.69. The average molecular weight is 528 g/mol. The minimum absolute atomic E-state index is 0.0652. The average Bonchev–Trinajstić information content (AvgIpc) is 3.24. The largest absolute Gasteiger partial charge is 0.364 e. The molecule has 1 fully saturated rings. The van der Waals surface area contributed by atoms with Gasteiger partial charge in [0.05, 0.1) is 32.1 Å². The van der Waals surface area contributed by atoms with Crippen LogP contribution in [0.1, 0.15) is 66.0 Å². The van der Waals surface area contributed by atoms with Crippen molar-refractivity contribution >= 4 is 21.2 Å². The van der Waals surface area contributed by atoms with Gasteiger partial charge in [-0.05, 0) is 39.7 Å². The van der Waals surface area contributed by atoms with E-state index in [-0.39, 0.29) is 18.6 Å². The Morgan fingerprint density at radius 2 is 1.97 bits per heavy atom. The second-order valence-corrected chi connectivity index (χ2v) is 10.5. The van der Waals surface area contributed by atoms with Gasteiger partial charge in [0.1, 0.15) is 11.2 Å². The molecule has 1 saturated heterocycles. The molecule has 2 heterocycles. The molecule has 0 spiro atoms. The Bertz CT molecular complexity index is 852. The van der Waals surface area contributed by atoms with E-state index in [1.54, 1.807) is 0 Å². The predicted octanol–water partition coefficient (Wildman–Crippen LogP) is 3.06. The van der Waals surface area contributed by atoms with Crippen LogP contribution in [0.25, 0.3) is 0 Å². The number of ether oxygens (including phenoxy) is 2. The summed E-state index contributed by atoms with van der Waals surface area (Å²) >= 11 is 4.67. The van der Waals surface area contributed by atoms with E-state index in [4.69, 9.17) is 18.5 Å². The Balaban J connectivity index is 0.00000281. The number of thiol groups is 1. The Labute approximate surface area is 206 Å². The Morgan fingerprint density at radius 3 is 2.62 bits per heavy atom. The van der Waals surface area contributed by atoms with Gasteiger partial charge in [0.25, 0.3) is 5.56 Å². The number of nitrogens with two attached hydrogens (primary N) is 1. The molecule has 0 bridgehead atoms. The monoisotopic (exact) mass is 527 g/mol. The molecule has 0 aliphatic carbocycles. The van der Waals surface area contributed by atoms with Gasteiger partial charge in [-0.3, -0.25) is 14.3 Å². The number of halogens is 1.